The van der Waals surface area contributed by atoms with Crippen LogP contribution < -0.4 is 0 Å². The predicted octanol–water partition coefficient (Wildman–Crippen LogP) is 1.03. The van der Waals surface area contributed by atoms with Gasteiger partial charge in [-0.15, -0.1) is 0 Å². The fraction of sp³-hybridized carbons (Fsp3) is 1.00. The third-order valence-corrected chi connectivity index (χ3v) is 3.30. The van der Waals surface area contributed by atoms with Crippen molar-refractivity contribution < 1.29 is 5.11 Å². The van der Waals surface area contributed by atoms with Gasteiger partial charge in [0, 0.05) is 38.8 Å². The Hall–Kier alpha value is -0.120. The lowest BCUT2D eigenvalue weighted by Gasteiger charge is -2.39. The monoisotopic (exact) mass is 214 g/mol. The molecule has 90 valence electrons. The van der Waals surface area contributed by atoms with Gasteiger partial charge >= 0.3 is 0 Å². The van der Waals surface area contributed by atoms with Crippen molar-refractivity contribution in [1.29, 1.82) is 0 Å². The molecule has 1 N–H and O–H groups in total. The van der Waals surface area contributed by atoms with E-state index in [1.165, 1.54) is 6.54 Å². The maximum atomic E-state index is 9.53. The first kappa shape index (κ1) is 12.9. The number of hydrogen-bond acceptors (Lipinski definition) is 3. The van der Waals surface area contributed by atoms with Gasteiger partial charge in [-0.05, 0) is 19.8 Å². The summed E-state index contributed by atoms with van der Waals surface area (Å²) >= 11 is 0. The Morgan fingerprint density at radius 3 is 1.93 bits per heavy atom. The van der Waals surface area contributed by atoms with E-state index >= 15 is 0 Å². The first-order valence-corrected chi connectivity index (χ1v) is 6.15. The van der Waals surface area contributed by atoms with Crippen molar-refractivity contribution in [1.82, 2.24) is 9.80 Å². The van der Waals surface area contributed by atoms with Crippen LogP contribution in [0.3, 0.4) is 0 Å². The summed E-state index contributed by atoms with van der Waals surface area (Å²) < 4.78 is 0. The highest BCUT2D eigenvalue weighted by Crippen LogP contribution is 2.10. The lowest BCUT2D eigenvalue weighted by molar-refractivity contribution is 0.0329. The molecular formula is C12H26N2O. The smallest absolute Gasteiger partial charge is 0.0664 e. The van der Waals surface area contributed by atoms with Gasteiger partial charge in [0.1, 0.15) is 0 Å². The van der Waals surface area contributed by atoms with Crippen LogP contribution >= 0.6 is 0 Å². The quantitative estimate of drug-likeness (QED) is 0.757. The molecule has 0 radical (unpaired) electrons. The number of aliphatic hydroxyl groups excluding tert-OH is 1. The molecule has 1 saturated heterocycles. The molecule has 0 aromatic heterocycles. The van der Waals surface area contributed by atoms with Crippen LogP contribution in [0.4, 0.5) is 0 Å². The molecule has 1 fully saturated rings. The van der Waals surface area contributed by atoms with E-state index in [2.05, 4.69) is 30.6 Å². The number of piperazine rings is 1. The second-order valence-electron chi connectivity index (χ2n) is 5.21. The van der Waals surface area contributed by atoms with Crippen LogP contribution in [0, 0.1) is 5.92 Å². The average Bonchev–Trinajstić information content (AvgIpc) is 2.17. The van der Waals surface area contributed by atoms with Crippen molar-refractivity contribution in [2.45, 2.75) is 39.8 Å². The van der Waals surface area contributed by atoms with Gasteiger partial charge < -0.3 is 10.0 Å². The Morgan fingerprint density at radius 1 is 1.00 bits per heavy atom. The van der Waals surface area contributed by atoms with E-state index in [-0.39, 0.29) is 6.10 Å². The molecule has 0 aliphatic carbocycles. The second-order valence-corrected chi connectivity index (χ2v) is 5.21. The molecule has 3 nitrogen and oxygen atoms in total. The fourth-order valence-corrected chi connectivity index (χ4v) is 2.17. The molecule has 2 atom stereocenters. The first-order valence-electron chi connectivity index (χ1n) is 6.15. The molecule has 0 aromatic rings. The van der Waals surface area contributed by atoms with Gasteiger partial charge in [-0.25, -0.2) is 0 Å². The highest BCUT2D eigenvalue weighted by atomic mass is 16.3. The van der Waals surface area contributed by atoms with Gasteiger partial charge in [0.15, 0.2) is 0 Å². The lowest BCUT2D eigenvalue weighted by Crippen LogP contribution is -2.52. The molecule has 1 rings (SSSR count). The summed E-state index contributed by atoms with van der Waals surface area (Å²) in [4.78, 5) is 4.91. The molecular weight excluding hydrogens is 188 g/mol. The highest BCUT2D eigenvalue weighted by molar-refractivity contribution is 4.79. The molecule has 1 aliphatic heterocycles. The Kier molecular flexibility index (Phi) is 5.03. The van der Waals surface area contributed by atoms with Gasteiger partial charge in [0.05, 0.1) is 6.10 Å². The highest BCUT2D eigenvalue weighted by Gasteiger charge is 2.23. The molecule has 1 aliphatic rings. The minimum Gasteiger partial charge on any atom is -0.392 e. The zero-order valence-corrected chi connectivity index (χ0v) is 10.6. The van der Waals surface area contributed by atoms with E-state index < -0.39 is 0 Å². The molecule has 2 unspecified atom stereocenters. The molecule has 0 amide bonds. The van der Waals surface area contributed by atoms with Gasteiger partial charge in [-0.2, -0.15) is 0 Å². The van der Waals surface area contributed by atoms with Gasteiger partial charge in [0.2, 0.25) is 0 Å². The molecule has 1 heterocycles. The summed E-state index contributed by atoms with van der Waals surface area (Å²) in [5.41, 5.74) is 0. The molecule has 0 bridgehead atoms. The SMILES string of the molecule is CC(C)CN1CCN(C(C)C(C)O)CC1. The van der Waals surface area contributed by atoms with Crippen molar-refractivity contribution in [2.75, 3.05) is 32.7 Å². The summed E-state index contributed by atoms with van der Waals surface area (Å²) in [5.74, 6) is 0.755. The van der Waals surface area contributed by atoms with E-state index in [1.807, 2.05) is 6.92 Å². The van der Waals surface area contributed by atoms with E-state index in [4.69, 9.17) is 0 Å². The third-order valence-electron chi connectivity index (χ3n) is 3.30. The van der Waals surface area contributed by atoms with Crippen LogP contribution in [0.25, 0.3) is 0 Å². The van der Waals surface area contributed by atoms with Crippen molar-refractivity contribution in [3.05, 3.63) is 0 Å². The maximum Gasteiger partial charge on any atom is 0.0664 e. The minimum absolute atomic E-state index is 0.221. The number of aliphatic hydroxyl groups is 1. The van der Waals surface area contributed by atoms with Gasteiger partial charge in [-0.1, -0.05) is 13.8 Å². The van der Waals surface area contributed by atoms with Crippen molar-refractivity contribution in [2.24, 2.45) is 5.92 Å². The predicted molar refractivity (Wildman–Crippen MR) is 64.0 cm³/mol. The standard InChI is InChI=1S/C12H26N2O/c1-10(2)9-13-5-7-14(8-6-13)11(3)12(4)15/h10-12,15H,5-9H2,1-4H3. The Bertz CT molecular complexity index is 174. The van der Waals surface area contributed by atoms with Gasteiger partial charge in [0.25, 0.3) is 0 Å². The van der Waals surface area contributed by atoms with Gasteiger partial charge in [-0.3, -0.25) is 4.90 Å². The third kappa shape index (κ3) is 4.09. The topological polar surface area (TPSA) is 26.7 Å². The number of rotatable bonds is 4. The van der Waals surface area contributed by atoms with Crippen LogP contribution in [0.5, 0.6) is 0 Å². The summed E-state index contributed by atoms with van der Waals surface area (Å²) in [6, 6.07) is 0.297. The largest absolute Gasteiger partial charge is 0.392 e. The molecule has 0 saturated carbocycles. The van der Waals surface area contributed by atoms with Crippen LogP contribution in [-0.2, 0) is 0 Å². The summed E-state index contributed by atoms with van der Waals surface area (Å²) in [7, 11) is 0. The van der Waals surface area contributed by atoms with Crippen molar-refractivity contribution in [3.8, 4) is 0 Å². The average molecular weight is 214 g/mol. The number of nitrogens with zero attached hydrogens (tertiary/aromatic N) is 2. The lowest BCUT2D eigenvalue weighted by atomic mass is 10.1. The minimum atomic E-state index is -0.221. The Morgan fingerprint density at radius 2 is 1.53 bits per heavy atom. The summed E-state index contributed by atoms with van der Waals surface area (Å²) in [6.45, 7) is 14.2. The van der Waals surface area contributed by atoms with Crippen LogP contribution in [-0.4, -0.2) is 59.8 Å². The Labute approximate surface area is 94.1 Å². The first-order chi connectivity index (χ1) is 7.00. The maximum absolute atomic E-state index is 9.53. The molecule has 0 aromatic carbocycles. The van der Waals surface area contributed by atoms with E-state index in [0.717, 1.165) is 32.1 Å². The van der Waals surface area contributed by atoms with Crippen molar-refractivity contribution in [3.63, 3.8) is 0 Å². The zero-order valence-electron chi connectivity index (χ0n) is 10.6. The molecule has 3 heteroatoms. The van der Waals surface area contributed by atoms with Crippen LogP contribution in [0.2, 0.25) is 0 Å². The summed E-state index contributed by atoms with van der Waals surface area (Å²) in [6.07, 6.45) is -0.221. The second kappa shape index (κ2) is 5.83. The van der Waals surface area contributed by atoms with Crippen LogP contribution in [0.1, 0.15) is 27.7 Å². The fourth-order valence-electron chi connectivity index (χ4n) is 2.17. The van der Waals surface area contributed by atoms with Crippen molar-refractivity contribution >= 4 is 0 Å². The number of hydrogen-bond donors (Lipinski definition) is 1. The summed E-state index contributed by atoms with van der Waals surface area (Å²) in [5, 5.41) is 9.53. The molecule has 0 spiro atoms. The van der Waals surface area contributed by atoms with E-state index in [1.54, 1.807) is 0 Å². The van der Waals surface area contributed by atoms with Crippen LogP contribution in [0.15, 0.2) is 0 Å². The normalized spacial score (nSPS) is 24.4. The molecule has 15 heavy (non-hydrogen) atoms. The Balaban J connectivity index is 2.29. The van der Waals surface area contributed by atoms with E-state index in [9.17, 15) is 5.11 Å². The van der Waals surface area contributed by atoms with E-state index in [0.29, 0.717) is 6.04 Å². The zero-order chi connectivity index (χ0) is 11.4.